The van der Waals surface area contributed by atoms with Gasteiger partial charge in [-0.2, -0.15) is 4.20 Å². The van der Waals surface area contributed by atoms with Crippen molar-refractivity contribution in [2.45, 2.75) is 46.5 Å². The predicted octanol–water partition coefficient (Wildman–Crippen LogP) is 4.65. The summed E-state index contributed by atoms with van der Waals surface area (Å²) >= 11 is 0. The second kappa shape index (κ2) is 7.40. The standard InChI is InChI=1S/C11H24FO2P/c1-10(2)6-5-7-11(3)8-9-14-15(4,12)13/h10-11H,5-9H2,1-4H3. The summed E-state index contributed by atoms with van der Waals surface area (Å²) in [6.07, 6.45) is 4.38. The maximum Gasteiger partial charge on any atom is 0.364 e. The molecule has 2 nitrogen and oxygen atoms in total. The van der Waals surface area contributed by atoms with Gasteiger partial charge in [0.2, 0.25) is 0 Å². The van der Waals surface area contributed by atoms with Crippen molar-refractivity contribution in [3.05, 3.63) is 0 Å². The van der Waals surface area contributed by atoms with Gasteiger partial charge in [-0.15, -0.1) is 0 Å². The summed E-state index contributed by atoms with van der Waals surface area (Å²) in [7, 11) is -3.76. The summed E-state index contributed by atoms with van der Waals surface area (Å²) in [5.74, 6) is 1.27. The minimum absolute atomic E-state index is 0.271. The Kier molecular flexibility index (Phi) is 7.46. The molecule has 0 bridgehead atoms. The van der Waals surface area contributed by atoms with E-state index in [-0.39, 0.29) is 6.61 Å². The molecule has 0 saturated heterocycles. The Bertz CT molecular complexity index is 201. The molecule has 4 heteroatoms. The first-order chi connectivity index (χ1) is 6.81. The number of halogens is 1. The highest BCUT2D eigenvalue weighted by atomic mass is 31.2. The van der Waals surface area contributed by atoms with Gasteiger partial charge in [-0.1, -0.05) is 40.0 Å². The van der Waals surface area contributed by atoms with E-state index in [1.165, 1.54) is 12.8 Å². The van der Waals surface area contributed by atoms with Crippen LogP contribution in [0.4, 0.5) is 4.20 Å². The van der Waals surface area contributed by atoms with Crippen molar-refractivity contribution in [2.75, 3.05) is 13.3 Å². The first kappa shape index (κ1) is 15.1. The average molecular weight is 238 g/mol. The largest absolute Gasteiger partial charge is 0.364 e. The van der Waals surface area contributed by atoms with Crippen LogP contribution in [0.25, 0.3) is 0 Å². The zero-order chi connectivity index (χ0) is 11.9. The van der Waals surface area contributed by atoms with Gasteiger partial charge in [0.15, 0.2) is 0 Å². The molecule has 92 valence electrons. The fourth-order valence-corrected chi connectivity index (χ4v) is 1.87. The maximum absolute atomic E-state index is 12.5. The van der Waals surface area contributed by atoms with Crippen LogP contribution in [0.1, 0.15) is 46.5 Å². The van der Waals surface area contributed by atoms with Crippen LogP contribution in [0.3, 0.4) is 0 Å². The third-order valence-corrected chi connectivity index (χ3v) is 3.05. The normalized spacial score (nSPS) is 17.7. The summed E-state index contributed by atoms with van der Waals surface area (Å²) < 4.78 is 27.8. The molecule has 0 aliphatic heterocycles. The summed E-state index contributed by atoms with van der Waals surface area (Å²) in [4.78, 5) is 0. The van der Waals surface area contributed by atoms with Gasteiger partial charge in [0.25, 0.3) is 0 Å². The van der Waals surface area contributed by atoms with Crippen molar-refractivity contribution in [3.63, 3.8) is 0 Å². The van der Waals surface area contributed by atoms with Crippen LogP contribution in [0, 0.1) is 11.8 Å². The van der Waals surface area contributed by atoms with Crippen LogP contribution in [-0.2, 0) is 9.09 Å². The molecule has 0 aromatic carbocycles. The molecule has 0 amide bonds. The van der Waals surface area contributed by atoms with Gasteiger partial charge in [-0.25, -0.2) is 0 Å². The van der Waals surface area contributed by atoms with E-state index in [0.29, 0.717) is 5.92 Å². The van der Waals surface area contributed by atoms with E-state index in [2.05, 4.69) is 25.3 Å². The second-order valence-corrected chi connectivity index (χ2v) is 6.55. The van der Waals surface area contributed by atoms with Crippen LogP contribution in [-0.4, -0.2) is 13.3 Å². The molecule has 0 fully saturated rings. The van der Waals surface area contributed by atoms with E-state index in [1.807, 2.05) is 0 Å². The Labute approximate surface area is 93.2 Å². The first-order valence-corrected chi connectivity index (χ1v) is 7.69. The molecule has 0 saturated carbocycles. The van der Waals surface area contributed by atoms with Crippen LogP contribution < -0.4 is 0 Å². The Balaban J connectivity index is 3.41. The highest BCUT2D eigenvalue weighted by molar-refractivity contribution is 7.52. The van der Waals surface area contributed by atoms with Crippen molar-refractivity contribution in [1.82, 2.24) is 0 Å². The predicted molar refractivity (Wildman–Crippen MR) is 63.1 cm³/mol. The lowest BCUT2D eigenvalue weighted by Gasteiger charge is -2.12. The van der Waals surface area contributed by atoms with Crippen molar-refractivity contribution in [2.24, 2.45) is 11.8 Å². The number of hydrogen-bond donors (Lipinski definition) is 0. The molecule has 0 aromatic rings. The maximum atomic E-state index is 12.5. The molecule has 0 N–H and O–H groups in total. The number of rotatable bonds is 8. The van der Waals surface area contributed by atoms with Crippen molar-refractivity contribution < 1.29 is 13.3 Å². The Hall–Kier alpha value is 0.120. The van der Waals surface area contributed by atoms with Crippen molar-refractivity contribution >= 4 is 7.68 Å². The van der Waals surface area contributed by atoms with Gasteiger partial charge in [-0.3, -0.25) is 4.57 Å². The van der Waals surface area contributed by atoms with Gasteiger partial charge in [0.1, 0.15) is 0 Å². The van der Waals surface area contributed by atoms with E-state index < -0.39 is 7.68 Å². The molecule has 0 radical (unpaired) electrons. The topological polar surface area (TPSA) is 26.3 Å². The second-order valence-electron chi connectivity index (χ2n) is 4.80. The zero-order valence-corrected chi connectivity index (χ0v) is 11.2. The molecule has 2 unspecified atom stereocenters. The van der Waals surface area contributed by atoms with E-state index >= 15 is 0 Å². The van der Waals surface area contributed by atoms with Crippen LogP contribution in [0.15, 0.2) is 0 Å². The molecule has 0 aromatic heterocycles. The fraction of sp³-hybridized carbons (Fsp3) is 1.00. The number of hydrogen-bond acceptors (Lipinski definition) is 2. The molecule has 0 rings (SSSR count). The van der Waals surface area contributed by atoms with E-state index in [4.69, 9.17) is 0 Å². The smallest absolute Gasteiger partial charge is 0.306 e. The molecule has 0 spiro atoms. The van der Waals surface area contributed by atoms with Gasteiger partial charge in [0, 0.05) is 6.66 Å². The Morgan fingerprint density at radius 1 is 1.20 bits per heavy atom. The lowest BCUT2D eigenvalue weighted by Crippen LogP contribution is -2.01. The van der Waals surface area contributed by atoms with Gasteiger partial charge in [0.05, 0.1) is 6.61 Å². The fourth-order valence-electron chi connectivity index (χ4n) is 1.44. The summed E-state index contributed by atoms with van der Waals surface area (Å²) in [5, 5.41) is 0. The van der Waals surface area contributed by atoms with Gasteiger partial charge < -0.3 is 4.52 Å². The highest BCUT2D eigenvalue weighted by Crippen LogP contribution is 2.44. The quantitative estimate of drug-likeness (QED) is 0.575. The van der Waals surface area contributed by atoms with Crippen molar-refractivity contribution in [1.29, 1.82) is 0 Å². The SMILES string of the molecule is CC(C)CCCC(C)CCOP(C)(=O)F. The summed E-state index contributed by atoms with van der Waals surface area (Å²) in [6.45, 7) is 7.83. The van der Waals surface area contributed by atoms with Crippen LogP contribution >= 0.6 is 7.68 Å². The first-order valence-electron chi connectivity index (χ1n) is 5.73. The van der Waals surface area contributed by atoms with Crippen molar-refractivity contribution in [3.8, 4) is 0 Å². The van der Waals surface area contributed by atoms with Crippen LogP contribution in [0.2, 0.25) is 0 Å². The molecule has 15 heavy (non-hydrogen) atoms. The van der Waals surface area contributed by atoms with Gasteiger partial charge >= 0.3 is 7.68 Å². The van der Waals surface area contributed by atoms with Gasteiger partial charge in [-0.05, 0) is 18.3 Å². The lowest BCUT2D eigenvalue weighted by atomic mass is 9.98. The highest BCUT2D eigenvalue weighted by Gasteiger charge is 2.13. The molecule has 0 aliphatic rings. The minimum Gasteiger partial charge on any atom is -0.306 e. The van der Waals surface area contributed by atoms with E-state index in [0.717, 1.165) is 25.4 Å². The minimum atomic E-state index is -3.76. The summed E-state index contributed by atoms with van der Waals surface area (Å²) in [5.41, 5.74) is 0. The van der Waals surface area contributed by atoms with E-state index in [9.17, 15) is 8.76 Å². The zero-order valence-electron chi connectivity index (χ0n) is 10.3. The van der Waals surface area contributed by atoms with Crippen LogP contribution in [0.5, 0.6) is 0 Å². The third kappa shape index (κ3) is 12.0. The molecular formula is C11H24FO2P. The third-order valence-electron chi connectivity index (χ3n) is 2.41. The lowest BCUT2D eigenvalue weighted by molar-refractivity contribution is 0.260. The average Bonchev–Trinajstić information content (AvgIpc) is 2.00. The Morgan fingerprint density at radius 3 is 2.27 bits per heavy atom. The van der Waals surface area contributed by atoms with E-state index in [1.54, 1.807) is 0 Å². The Morgan fingerprint density at radius 2 is 1.80 bits per heavy atom. The summed E-state index contributed by atoms with van der Waals surface area (Å²) in [6, 6.07) is 0. The monoisotopic (exact) mass is 238 g/mol. The molecule has 0 heterocycles. The molecule has 0 aliphatic carbocycles. The molecule has 2 atom stereocenters. The molecular weight excluding hydrogens is 214 g/mol.